The minimum atomic E-state index is -0.584. The molecule has 5 nitrogen and oxygen atoms in total. The zero-order valence-corrected chi connectivity index (χ0v) is 16.3. The Balaban J connectivity index is 1.84. The van der Waals surface area contributed by atoms with Crippen molar-refractivity contribution in [2.45, 2.75) is 19.3 Å². The molecule has 2 aromatic heterocycles. The minimum absolute atomic E-state index is 0.404. The van der Waals surface area contributed by atoms with Crippen LogP contribution in [0.2, 0.25) is 0 Å². The number of rotatable bonds is 4. The van der Waals surface area contributed by atoms with E-state index in [2.05, 4.69) is 16.9 Å². The van der Waals surface area contributed by atoms with Gasteiger partial charge in [0.05, 0.1) is 23.9 Å². The number of hydrogen-bond donors (Lipinski definition) is 0. The molecule has 0 radical (unpaired) electrons. The Hall–Kier alpha value is -2.99. The topological polar surface area (TPSA) is 65.5 Å². The number of nitrogens with zero attached hydrogens (tertiary/aromatic N) is 1. The van der Waals surface area contributed by atoms with Gasteiger partial charge < -0.3 is 9.47 Å². The number of methoxy groups -OCH3 is 1. The van der Waals surface area contributed by atoms with E-state index in [-0.39, 0.29) is 0 Å². The molecule has 0 saturated heterocycles. The Morgan fingerprint density at radius 1 is 1.18 bits per heavy atom. The van der Waals surface area contributed by atoms with E-state index in [1.165, 1.54) is 7.11 Å². The van der Waals surface area contributed by atoms with Crippen LogP contribution in [0.5, 0.6) is 0 Å². The molecule has 142 valence electrons. The Morgan fingerprint density at radius 2 is 2.04 bits per heavy atom. The molecule has 0 aliphatic heterocycles. The minimum Gasteiger partial charge on any atom is -0.466 e. The predicted molar refractivity (Wildman–Crippen MR) is 109 cm³/mol. The number of para-hydroxylation sites is 1. The van der Waals surface area contributed by atoms with Gasteiger partial charge in [0.15, 0.2) is 6.61 Å². The van der Waals surface area contributed by atoms with Gasteiger partial charge in [-0.15, -0.1) is 11.3 Å². The lowest BCUT2D eigenvalue weighted by atomic mass is 9.86. The van der Waals surface area contributed by atoms with Crippen molar-refractivity contribution >= 4 is 45.8 Å². The van der Waals surface area contributed by atoms with E-state index in [9.17, 15) is 9.59 Å². The average Bonchev–Trinajstić information content (AvgIpc) is 3.23. The van der Waals surface area contributed by atoms with Gasteiger partial charge in [-0.05, 0) is 54.0 Å². The summed E-state index contributed by atoms with van der Waals surface area (Å²) >= 11 is 1.67. The molecular weight excluding hydrogens is 374 g/mol. The van der Waals surface area contributed by atoms with Crippen molar-refractivity contribution in [3.05, 3.63) is 63.5 Å². The summed E-state index contributed by atoms with van der Waals surface area (Å²) in [5.74, 6) is -1.10. The first kappa shape index (κ1) is 18.4. The van der Waals surface area contributed by atoms with Crippen molar-refractivity contribution in [2.24, 2.45) is 0 Å². The lowest BCUT2D eigenvalue weighted by molar-refractivity contribution is -0.144. The van der Waals surface area contributed by atoms with Crippen LogP contribution in [0.1, 0.15) is 39.3 Å². The van der Waals surface area contributed by atoms with Gasteiger partial charge >= 0.3 is 11.9 Å². The number of allylic oxidation sites excluding steroid dienone is 1. The maximum Gasteiger partial charge on any atom is 0.344 e. The van der Waals surface area contributed by atoms with Gasteiger partial charge in [-0.2, -0.15) is 0 Å². The van der Waals surface area contributed by atoms with Crippen LogP contribution in [0, 0.1) is 0 Å². The molecule has 0 N–H and O–H groups in total. The van der Waals surface area contributed by atoms with Crippen LogP contribution < -0.4 is 0 Å². The summed E-state index contributed by atoms with van der Waals surface area (Å²) in [7, 11) is 1.27. The third-order valence-electron chi connectivity index (χ3n) is 4.78. The van der Waals surface area contributed by atoms with Crippen LogP contribution in [0.15, 0.2) is 41.8 Å². The number of esters is 2. The molecule has 0 spiro atoms. The number of ether oxygens (including phenoxy) is 2. The summed E-state index contributed by atoms with van der Waals surface area (Å²) in [5.41, 5.74) is 4.11. The van der Waals surface area contributed by atoms with Gasteiger partial charge in [-0.1, -0.05) is 24.3 Å². The lowest BCUT2D eigenvalue weighted by Crippen LogP contribution is -2.19. The first-order valence-electron chi connectivity index (χ1n) is 9.07. The number of hydrogen-bond acceptors (Lipinski definition) is 6. The standard InChI is InChI=1S/C22H19NO4S/c1-26-19(24)13-27-22(25)20-16-8-2-3-10-18(16)23-21-14(6-4-9-17(20)21)12-15-7-5-11-28-15/h2-3,5,7-8,10-12H,4,6,9,13H2,1H3/b14-12-. The molecule has 0 fully saturated rings. The second-order valence-corrected chi connectivity index (χ2v) is 7.50. The number of fused-ring (bicyclic) bond motifs is 2. The summed E-state index contributed by atoms with van der Waals surface area (Å²) in [5, 5.41) is 2.79. The molecule has 1 aliphatic carbocycles. The lowest BCUT2D eigenvalue weighted by Gasteiger charge is -2.22. The molecule has 4 rings (SSSR count). The molecule has 0 unspecified atom stereocenters. The van der Waals surface area contributed by atoms with Gasteiger partial charge in [0, 0.05) is 10.3 Å². The van der Waals surface area contributed by atoms with Crippen LogP contribution in [0.3, 0.4) is 0 Å². The summed E-state index contributed by atoms with van der Waals surface area (Å²) in [6.07, 6.45) is 4.74. The van der Waals surface area contributed by atoms with E-state index in [4.69, 9.17) is 9.72 Å². The van der Waals surface area contributed by atoms with Crippen LogP contribution in [-0.4, -0.2) is 30.6 Å². The van der Waals surface area contributed by atoms with Crippen molar-refractivity contribution in [3.63, 3.8) is 0 Å². The molecule has 1 aromatic carbocycles. The molecule has 6 heteroatoms. The number of aromatic nitrogens is 1. The molecule has 28 heavy (non-hydrogen) atoms. The van der Waals surface area contributed by atoms with Crippen molar-refractivity contribution in [2.75, 3.05) is 13.7 Å². The quantitative estimate of drug-likeness (QED) is 0.611. The third-order valence-corrected chi connectivity index (χ3v) is 5.60. The van der Waals surface area contributed by atoms with Crippen molar-refractivity contribution in [3.8, 4) is 0 Å². The molecule has 1 aliphatic rings. The molecule has 3 aromatic rings. The van der Waals surface area contributed by atoms with E-state index >= 15 is 0 Å². The largest absolute Gasteiger partial charge is 0.466 e. The highest BCUT2D eigenvalue weighted by atomic mass is 32.1. The van der Waals surface area contributed by atoms with E-state index in [1.54, 1.807) is 11.3 Å². The molecule has 0 atom stereocenters. The maximum absolute atomic E-state index is 12.9. The van der Waals surface area contributed by atoms with Gasteiger partial charge in [-0.25, -0.2) is 14.6 Å². The summed E-state index contributed by atoms with van der Waals surface area (Å²) in [4.78, 5) is 30.3. The summed E-state index contributed by atoms with van der Waals surface area (Å²) in [6, 6.07) is 11.6. The summed E-state index contributed by atoms with van der Waals surface area (Å²) in [6.45, 7) is -0.404. The van der Waals surface area contributed by atoms with Crippen LogP contribution in [-0.2, 0) is 20.7 Å². The van der Waals surface area contributed by atoms with E-state index in [0.29, 0.717) is 5.56 Å². The average molecular weight is 393 g/mol. The van der Waals surface area contributed by atoms with E-state index in [1.807, 2.05) is 35.7 Å². The second-order valence-electron chi connectivity index (χ2n) is 6.52. The number of carbonyl (C=O) groups is 2. The fourth-order valence-corrected chi connectivity index (χ4v) is 4.19. The second kappa shape index (κ2) is 7.94. The number of thiophene rings is 1. The summed E-state index contributed by atoms with van der Waals surface area (Å²) < 4.78 is 9.81. The number of pyridine rings is 1. The SMILES string of the molecule is COC(=O)COC(=O)c1c2c(nc3ccccc13)/C(=C\c1cccs1)CCC2. The Kier molecular flexibility index (Phi) is 5.21. The number of carbonyl (C=O) groups excluding carboxylic acids is 2. The first-order chi connectivity index (χ1) is 13.7. The predicted octanol–water partition coefficient (Wildman–Crippen LogP) is 4.50. The highest BCUT2D eigenvalue weighted by Crippen LogP contribution is 2.36. The van der Waals surface area contributed by atoms with Gasteiger partial charge in [0.25, 0.3) is 0 Å². The van der Waals surface area contributed by atoms with E-state index in [0.717, 1.165) is 51.9 Å². The van der Waals surface area contributed by atoms with Crippen molar-refractivity contribution in [1.29, 1.82) is 0 Å². The Labute approximate surface area is 166 Å². The smallest absolute Gasteiger partial charge is 0.344 e. The zero-order chi connectivity index (χ0) is 19.5. The fourth-order valence-electron chi connectivity index (χ4n) is 3.51. The fraction of sp³-hybridized carbons (Fsp3) is 0.227. The van der Waals surface area contributed by atoms with Crippen LogP contribution in [0.25, 0.3) is 22.6 Å². The van der Waals surface area contributed by atoms with Gasteiger partial charge in [0.1, 0.15) is 0 Å². The zero-order valence-electron chi connectivity index (χ0n) is 15.4. The highest BCUT2D eigenvalue weighted by molar-refractivity contribution is 7.10. The van der Waals surface area contributed by atoms with Crippen molar-refractivity contribution < 1.29 is 19.1 Å². The van der Waals surface area contributed by atoms with Gasteiger partial charge in [-0.3, -0.25) is 0 Å². The highest BCUT2D eigenvalue weighted by Gasteiger charge is 2.26. The van der Waals surface area contributed by atoms with E-state index < -0.39 is 18.5 Å². The Morgan fingerprint density at radius 3 is 2.82 bits per heavy atom. The van der Waals surface area contributed by atoms with Crippen molar-refractivity contribution in [1.82, 2.24) is 4.98 Å². The molecular formula is C22H19NO4S. The molecule has 0 amide bonds. The first-order valence-corrected chi connectivity index (χ1v) is 9.95. The van der Waals surface area contributed by atoms with Gasteiger partial charge in [0.2, 0.25) is 0 Å². The van der Waals surface area contributed by atoms with Crippen LogP contribution >= 0.6 is 11.3 Å². The van der Waals surface area contributed by atoms with Crippen LogP contribution in [0.4, 0.5) is 0 Å². The normalized spacial score (nSPS) is 14.7. The number of benzene rings is 1. The molecule has 0 saturated carbocycles. The third kappa shape index (κ3) is 3.55. The Bertz CT molecular complexity index is 1070. The molecule has 2 heterocycles. The molecule has 0 bridgehead atoms. The monoisotopic (exact) mass is 393 g/mol. The maximum atomic E-state index is 12.9.